The summed E-state index contributed by atoms with van der Waals surface area (Å²) in [5.74, 6) is -0.120. The highest BCUT2D eigenvalue weighted by molar-refractivity contribution is 7.92. The van der Waals surface area contributed by atoms with E-state index in [2.05, 4.69) is 11.4 Å². The van der Waals surface area contributed by atoms with Gasteiger partial charge < -0.3 is 5.32 Å². The smallest absolute Gasteiger partial charge is 0.264 e. The number of anilines is 1. The first-order valence-corrected chi connectivity index (χ1v) is 12.6. The molecular weight excluding hydrogens is 432 g/mol. The van der Waals surface area contributed by atoms with Gasteiger partial charge in [-0.1, -0.05) is 23.3 Å². The summed E-state index contributed by atoms with van der Waals surface area (Å²) in [6.07, 6.45) is 8.51. The fourth-order valence-electron chi connectivity index (χ4n) is 4.40. The van der Waals surface area contributed by atoms with Crippen LogP contribution in [0.1, 0.15) is 54.9 Å². The molecule has 0 bridgehead atoms. The van der Waals surface area contributed by atoms with Crippen LogP contribution in [0.5, 0.6) is 0 Å². The summed E-state index contributed by atoms with van der Waals surface area (Å²) in [5.41, 5.74) is 3.49. The zero-order valence-electron chi connectivity index (χ0n) is 17.6. The molecule has 5 nitrogen and oxygen atoms in total. The number of amides is 1. The van der Waals surface area contributed by atoms with Crippen molar-refractivity contribution in [2.45, 2.75) is 56.4 Å². The predicted molar refractivity (Wildman–Crippen MR) is 124 cm³/mol. The van der Waals surface area contributed by atoms with Crippen LogP contribution >= 0.6 is 11.6 Å². The Kier molecular flexibility index (Phi) is 6.39. The monoisotopic (exact) mass is 458 g/mol. The number of hydrogen-bond donors (Lipinski definition) is 1. The molecule has 0 saturated carbocycles. The van der Waals surface area contributed by atoms with Gasteiger partial charge in [0.25, 0.3) is 15.9 Å². The van der Waals surface area contributed by atoms with Gasteiger partial charge in [-0.3, -0.25) is 9.10 Å². The summed E-state index contributed by atoms with van der Waals surface area (Å²) in [6.45, 7) is 2.50. The molecule has 0 spiro atoms. The van der Waals surface area contributed by atoms with Crippen molar-refractivity contribution >= 4 is 33.2 Å². The van der Waals surface area contributed by atoms with Gasteiger partial charge >= 0.3 is 0 Å². The normalized spacial score (nSPS) is 18.5. The van der Waals surface area contributed by atoms with Crippen molar-refractivity contribution in [2.24, 2.45) is 0 Å². The van der Waals surface area contributed by atoms with E-state index >= 15 is 0 Å². The van der Waals surface area contributed by atoms with Crippen LogP contribution in [0.15, 0.2) is 59.0 Å². The summed E-state index contributed by atoms with van der Waals surface area (Å²) in [5, 5.41) is 3.49. The van der Waals surface area contributed by atoms with Gasteiger partial charge in [0, 0.05) is 23.2 Å². The molecule has 1 aliphatic carbocycles. The van der Waals surface area contributed by atoms with Crippen LogP contribution in [-0.4, -0.2) is 26.9 Å². The van der Waals surface area contributed by atoms with Crippen molar-refractivity contribution in [1.29, 1.82) is 0 Å². The maximum atomic E-state index is 13.2. The third kappa shape index (κ3) is 4.65. The zero-order chi connectivity index (χ0) is 22.0. The minimum absolute atomic E-state index is 0.120. The van der Waals surface area contributed by atoms with Gasteiger partial charge in [0.2, 0.25) is 0 Å². The molecule has 4 rings (SSSR count). The van der Waals surface area contributed by atoms with Crippen molar-refractivity contribution in [3.63, 3.8) is 0 Å². The van der Waals surface area contributed by atoms with Crippen molar-refractivity contribution < 1.29 is 13.2 Å². The van der Waals surface area contributed by atoms with Crippen molar-refractivity contribution in [3.8, 4) is 0 Å². The molecule has 1 N–H and O–H groups in total. The van der Waals surface area contributed by atoms with E-state index < -0.39 is 10.0 Å². The molecule has 7 heteroatoms. The van der Waals surface area contributed by atoms with E-state index in [1.54, 1.807) is 24.3 Å². The fraction of sp³-hybridized carbons (Fsp3) is 0.375. The first-order valence-electron chi connectivity index (χ1n) is 10.8. The lowest BCUT2D eigenvalue weighted by molar-refractivity contribution is 0.0954. The maximum absolute atomic E-state index is 13.2. The van der Waals surface area contributed by atoms with Crippen LogP contribution in [-0.2, 0) is 16.4 Å². The van der Waals surface area contributed by atoms with Gasteiger partial charge in [-0.25, -0.2) is 8.42 Å². The van der Waals surface area contributed by atoms with Gasteiger partial charge in [-0.05, 0) is 93.5 Å². The van der Waals surface area contributed by atoms with Gasteiger partial charge in [-0.15, -0.1) is 0 Å². The summed E-state index contributed by atoms with van der Waals surface area (Å²) < 4.78 is 27.9. The van der Waals surface area contributed by atoms with E-state index in [-0.39, 0.29) is 16.8 Å². The summed E-state index contributed by atoms with van der Waals surface area (Å²) in [7, 11) is -3.71. The Balaban J connectivity index is 1.49. The molecule has 2 aliphatic rings. The second-order valence-electron chi connectivity index (χ2n) is 8.27. The Morgan fingerprint density at radius 1 is 1.16 bits per heavy atom. The first kappa shape index (κ1) is 21.9. The summed E-state index contributed by atoms with van der Waals surface area (Å²) in [6, 6.07) is 11.2. The molecule has 0 aromatic heterocycles. The summed E-state index contributed by atoms with van der Waals surface area (Å²) in [4.78, 5) is 12.8. The van der Waals surface area contributed by atoms with Crippen LogP contribution in [0.3, 0.4) is 0 Å². The number of nitrogens with one attached hydrogen (secondary N) is 1. The largest absolute Gasteiger partial charge is 0.352 e. The van der Waals surface area contributed by atoms with E-state index in [1.165, 1.54) is 34.9 Å². The number of rotatable bonds is 6. The minimum atomic E-state index is -3.71. The predicted octanol–water partition coefficient (Wildman–Crippen LogP) is 5.10. The fourth-order valence-corrected chi connectivity index (χ4v) is 6.22. The number of sulfonamides is 1. The quantitative estimate of drug-likeness (QED) is 0.612. The SMILES string of the molecule is C[C@H]1Cc2cc(C(=O)NCCC3=CCCCC3)ccc2N1S(=O)(=O)c1ccc(Cl)cc1. The molecule has 1 atom stereocenters. The van der Waals surface area contributed by atoms with Crippen LogP contribution < -0.4 is 9.62 Å². The Morgan fingerprint density at radius 3 is 2.65 bits per heavy atom. The van der Waals surface area contributed by atoms with Crippen LogP contribution in [0.2, 0.25) is 5.02 Å². The molecule has 1 heterocycles. The minimum Gasteiger partial charge on any atom is -0.352 e. The number of carbonyl (C=O) groups excluding carboxylic acids is 1. The highest BCUT2D eigenvalue weighted by Gasteiger charge is 2.36. The topological polar surface area (TPSA) is 66.5 Å². The van der Waals surface area contributed by atoms with Crippen LogP contribution in [0.25, 0.3) is 0 Å². The Labute approximate surface area is 189 Å². The maximum Gasteiger partial charge on any atom is 0.264 e. The number of carbonyl (C=O) groups is 1. The molecule has 0 unspecified atom stereocenters. The molecule has 1 amide bonds. The average Bonchev–Trinajstić information content (AvgIpc) is 3.10. The Hall–Kier alpha value is -2.31. The lowest BCUT2D eigenvalue weighted by Crippen LogP contribution is -2.35. The third-order valence-electron chi connectivity index (χ3n) is 5.98. The first-order chi connectivity index (χ1) is 14.9. The molecule has 0 saturated heterocycles. The second-order valence-corrected chi connectivity index (χ2v) is 10.5. The van der Waals surface area contributed by atoms with Crippen molar-refractivity contribution in [1.82, 2.24) is 5.32 Å². The number of allylic oxidation sites excluding steroid dienone is 1. The third-order valence-corrected chi connectivity index (χ3v) is 8.18. The van der Waals surface area contributed by atoms with Crippen LogP contribution in [0, 0.1) is 0 Å². The second kappa shape index (κ2) is 9.05. The van der Waals surface area contributed by atoms with E-state index in [1.807, 2.05) is 13.0 Å². The van der Waals surface area contributed by atoms with Gasteiger partial charge in [-0.2, -0.15) is 0 Å². The molecule has 0 fully saturated rings. The van der Waals surface area contributed by atoms with E-state index in [9.17, 15) is 13.2 Å². The molecule has 2 aromatic rings. The van der Waals surface area contributed by atoms with Gasteiger partial charge in [0.05, 0.1) is 10.6 Å². The molecule has 31 heavy (non-hydrogen) atoms. The molecule has 1 aliphatic heterocycles. The number of hydrogen-bond acceptors (Lipinski definition) is 3. The molecular formula is C24H27ClN2O3S. The Morgan fingerprint density at radius 2 is 1.94 bits per heavy atom. The standard InChI is InChI=1S/C24H27ClN2O3S/c1-17-15-20-16-19(24(28)26-14-13-18-5-3-2-4-6-18)7-12-23(20)27(17)31(29,30)22-10-8-21(25)9-11-22/h5,7-12,16-17H,2-4,6,13-15H2,1H3,(H,26,28)/t17-/m0/s1. The Bertz CT molecular complexity index is 1110. The van der Waals surface area contributed by atoms with Gasteiger partial charge in [0.1, 0.15) is 0 Å². The van der Waals surface area contributed by atoms with Crippen molar-refractivity contribution in [3.05, 3.63) is 70.3 Å². The summed E-state index contributed by atoms with van der Waals surface area (Å²) >= 11 is 5.91. The number of fused-ring (bicyclic) bond motifs is 1. The lowest BCUT2D eigenvalue weighted by atomic mass is 9.97. The number of benzene rings is 2. The van der Waals surface area contributed by atoms with Crippen LogP contribution in [0.4, 0.5) is 5.69 Å². The molecule has 0 radical (unpaired) electrons. The average molecular weight is 459 g/mol. The highest BCUT2D eigenvalue weighted by atomic mass is 35.5. The van der Waals surface area contributed by atoms with Crippen molar-refractivity contribution in [2.75, 3.05) is 10.8 Å². The van der Waals surface area contributed by atoms with E-state index in [4.69, 9.17) is 11.6 Å². The molecule has 2 aromatic carbocycles. The zero-order valence-corrected chi connectivity index (χ0v) is 19.2. The molecule has 164 valence electrons. The van der Waals surface area contributed by atoms with E-state index in [0.717, 1.165) is 24.8 Å². The van der Waals surface area contributed by atoms with E-state index in [0.29, 0.717) is 29.2 Å². The number of nitrogens with zero attached hydrogens (tertiary/aromatic N) is 1. The highest BCUT2D eigenvalue weighted by Crippen LogP contribution is 2.37. The van der Waals surface area contributed by atoms with Gasteiger partial charge in [0.15, 0.2) is 0 Å². The number of halogens is 1. The lowest BCUT2D eigenvalue weighted by Gasteiger charge is -2.24.